The van der Waals surface area contributed by atoms with Crippen molar-refractivity contribution in [2.75, 3.05) is 20.0 Å². The average Bonchev–Trinajstić information content (AvgIpc) is 3.75. The van der Waals surface area contributed by atoms with Crippen molar-refractivity contribution in [1.82, 2.24) is 9.55 Å². The van der Waals surface area contributed by atoms with E-state index in [9.17, 15) is 9.59 Å². The van der Waals surface area contributed by atoms with Crippen molar-refractivity contribution in [3.63, 3.8) is 0 Å². The standard InChI is InChI=1S/C35H38N2O4S2/c1-4-41-34(39)30-33(43-35(36-30)42-3)24-16-23-17-25(40-2)13-15-26(23)31-29(20-8-6-5-7-9-20)27-14-12-22(32(38)21-10-11-21)18-28(27)37(31)19-24/h12-18,20-21,23,26H,4-11,19H2,1-3H3. The van der Waals surface area contributed by atoms with Crippen LogP contribution >= 0.6 is 23.1 Å². The molecule has 0 radical (unpaired) electrons. The van der Waals surface area contributed by atoms with Crippen LogP contribution in [-0.2, 0) is 16.0 Å². The number of hydrogen-bond donors (Lipinski definition) is 0. The highest BCUT2D eigenvalue weighted by Gasteiger charge is 2.37. The van der Waals surface area contributed by atoms with Crippen LogP contribution < -0.4 is 0 Å². The van der Waals surface area contributed by atoms with Gasteiger partial charge in [0.1, 0.15) is 5.76 Å². The van der Waals surface area contributed by atoms with Crippen LogP contribution in [0.2, 0.25) is 0 Å². The molecule has 0 N–H and O–H groups in total. The van der Waals surface area contributed by atoms with Crippen molar-refractivity contribution in [1.29, 1.82) is 0 Å². The number of Topliss-reactive ketones (excluding diaryl/α,β-unsaturated/α-hetero) is 1. The number of methoxy groups -OCH3 is 1. The number of benzene rings is 1. The van der Waals surface area contributed by atoms with E-state index in [1.165, 1.54) is 48.7 Å². The maximum Gasteiger partial charge on any atom is 0.358 e. The Morgan fingerprint density at radius 3 is 2.65 bits per heavy atom. The number of fused-ring (bicyclic) bond motifs is 5. The Kier molecular flexibility index (Phi) is 7.84. The summed E-state index contributed by atoms with van der Waals surface area (Å²) >= 11 is 3.10. The number of thiazole rings is 1. The van der Waals surface area contributed by atoms with Crippen molar-refractivity contribution >= 4 is 51.3 Å². The zero-order valence-electron chi connectivity index (χ0n) is 25.1. The van der Waals surface area contributed by atoms with Gasteiger partial charge in [0.15, 0.2) is 15.8 Å². The Hall–Kier alpha value is -3.10. The largest absolute Gasteiger partial charge is 0.497 e. The average molecular weight is 615 g/mol. The van der Waals surface area contributed by atoms with Gasteiger partial charge in [0.2, 0.25) is 0 Å². The summed E-state index contributed by atoms with van der Waals surface area (Å²) in [5.74, 6) is 1.54. The maximum atomic E-state index is 13.3. The summed E-state index contributed by atoms with van der Waals surface area (Å²) in [5.41, 5.74) is 6.16. The quantitative estimate of drug-likeness (QED) is 0.144. The smallest absolute Gasteiger partial charge is 0.358 e. The molecule has 2 unspecified atom stereocenters. The van der Waals surface area contributed by atoms with Crippen LogP contribution in [0.4, 0.5) is 0 Å². The normalized spacial score (nSPS) is 21.9. The second kappa shape index (κ2) is 11.8. The van der Waals surface area contributed by atoms with Gasteiger partial charge < -0.3 is 14.0 Å². The summed E-state index contributed by atoms with van der Waals surface area (Å²) in [6.07, 6.45) is 19.1. The van der Waals surface area contributed by atoms with Crippen molar-refractivity contribution in [2.45, 2.75) is 74.6 Å². The number of carbonyl (C=O) groups excluding carboxylic acids is 2. The highest BCUT2D eigenvalue weighted by molar-refractivity contribution is 8.00. The van der Waals surface area contributed by atoms with Crippen LogP contribution in [0.5, 0.6) is 0 Å². The Bertz CT molecular complexity index is 1680. The van der Waals surface area contributed by atoms with E-state index in [1.807, 2.05) is 13.2 Å². The summed E-state index contributed by atoms with van der Waals surface area (Å²) in [6.45, 7) is 2.72. The fraction of sp³-hybridized carbons (Fsp3) is 0.457. The lowest BCUT2D eigenvalue weighted by atomic mass is 9.77. The second-order valence-electron chi connectivity index (χ2n) is 12.1. The lowest BCUT2D eigenvalue weighted by Gasteiger charge is -2.28. The topological polar surface area (TPSA) is 70.4 Å². The molecule has 0 saturated heterocycles. The first-order valence-electron chi connectivity index (χ1n) is 15.6. The van der Waals surface area contributed by atoms with E-state index in [4.69, 9.17) is 14.5 Å². The number of nitrogens with zero attached hydrogens (tertiary/aromatic N) is 2. The molecule has 1 aromatic carbocycles. The maximum absolute atomic E-state index is 13.3. The van der Waals surface area contributed by atoms with Gasteiger partial charge in [0.25, 0.3) is 0 Å². The van der Waals surface area contributed by atoms with E-state index in [1.54, 1.807) is 30.2 Å². The van der Waals surface area contributed by atoms with Gasteiger partial charge in [-0.05, 0) is 74.1 Å². The number of allylic oxidation sites excluding steroid dienone is 5. The molecular weight excluding hydrogens is 577 g/mol. The van der Waals surface area contributed by atoms with E-state index in [2.05, 4.69) is 47.1 Å². The lowest BCUT2D eigenvalue weighted by molar-refractivity contribution is 0.0519. The first kappa shape index (κ1) is 28.7. The first-order chi connectivity index (χ1) is 21.0. The molecule has 1 aliphatic heterocycles. The molecule has 2 saturated carbocycles. The minimum absolute atomic E-state index is 0.0466. The van der Waals surface area contributed by atoms with E-state index in [0.29, 0.717) is 24.8 Å². The van der Waals surface area contributed by atoms with Crippen LogP contribution in [0.25, 0.3) is 16.5 Å². The molecule has 224 valence electrons. The Labute approximate surface area is 261 Å². The Balaban J connectivity index is 1.46. The molecule has 0 bridgehead atoms. The van der Waals surface area contributed by atoms with E-state index in [-0.39, 0.29) is 29.5 Å². The van der Waals surface area contributed by atoms with Gasteiger partial charge in [-0.2, -0.15) is 0 Å². The van der Waals surface area contributed by atoms with Crippen molar-refractivity contribution in [3.8, 4) is 0 Å². The first-order valence-corrected chi connectivity index (χ1v) is 17.6. The van der Waals surface area contributed by atoms with E-state index >= 15 is 0 Å². The molecular formula is C35H38N2O4S2. The fourth-order valence-electron chi connectivity index (χ4n) is 7.26. The molecule has 2 fully saturated rings. The van der Waals surface area contributed by atoms with Crippen LogP contribution in [0.3, 0.4) is 0 Å². The Morgan fingerprint density at radius 2 is 1.93 bits per heavy atom. The number of rotatable bonds is 8. The monoisotopic (exact) mass is 614 g/mol. The zero-order chi connectivity index (χ0) is 29.7. The third-order valence-corrected chi connectivity index (χ3v) is 11.6. The highest BCUT2D eigenvalue weighted by atomic mass is 32.2. The van der Waals surface area contributed by atoms with E-state index < -0.39 is 0 Å². The lowest BCUT2D eigenvalue weighted by Crippen LogP contribution is -2.16. The minimum atomic E-state index is -0.384. The molecule has 8 heteroatoms. The van der Waals surface area contributed by atoms with Gasteiger partial charge in [-0.15, -0.1) is 11.3 Å². The molecule has 3 heterocycles. The zero-order valence-corrected chi connectivity index (χ0v) is 26.7. The predicted molar refractivity (Wildman–Crippen MR) is 173 cm³/mol. The molecule has 2 aromatic heterocycles. The summed E-state index contributed by atoms with van der Waals surface area (Å²) in [4.78, 5) is 32.0. The number of esters is 1. The molecule has 6 nitrogen and oxygen atoms in total. The third kappa shape index (κ3) is 5.20. The van der Waals surface area contributed by atoms with Crippen LogP contribution in [0, 0.1) is 11.8 Å². The number of carbonyl (C=O) groups is 2. The van der Waals surface area contributed by atoms with Crippen LogP contribution in [0.15, 0.2) is 52.6 Å². The molecule has 2 atom stereocenters. The van der Waals surface area contributed by atoms with Gasteiger partial charge in [-0.1, -0.05) is 55.3 Å². The summed E-state index contributed by atoms with van der Waals surface area (Å²) in [5, 5.41) is 1.27. The summed E-state index contributed by atoms with van der Waals surface area (Å²) < 4.78 is 14.5. The summed E-state index contributed by atoms with van der Waals surface area (Å²) in [6, 6.07) is 6.44. The minimum Gasteiger partial charge on any atom is -0.497 e. The number of ether oxygens (including phenoxy) is 2. The third-order valence-electron chi connectivity index (χ3n) is 9.45. The van der Waals surface area contributed by atoms with Gasteiger partial charge in [0.05, 0.1) is 18.6 Å². The molecule has 4 aliphatic rings. The molecule has 3 aromatic rings. The van der Waals surface area contributed by atoms with Gasteiger partial charge in [-0.25, -0.2) is 9.78 Å². The number of hydrogen-bond acceptors (Lipinski definition) is 7. The molecule has 0 amide bonds. The summed E-state index contributed by atoms with van der Waals surface area (Å²) in [7, 11) is 1.72. The SMILES string of the molecule is CCOC(=O)c1nc(SC)sc1C1=CC2C=C(OC)C=CC2c2c(C3CCCCC3)c3ccc(C(=O)C4CC4)cc3n2C1. The second-order valence-corrected chi connectivity index (χ2v) is 14.2. The number of thioether (sulfide) groups is 1. The van der Waals surface area contributed by atoms with E-state index in [0.717, 1.165) is 44.5 Å². The van der Waals surface area contributed by atoms with Crippen molar-refractivity contribution in [2.24, 2.45) is 11.8 Å². The van der Waals surface area contributed by atoms with Crippen LogP contribution in [0.1, 0.15) is 101 Å². The van der Waals surface area contributed by atoms with Gasteiger partial charge in [-0.3, -0.25) is 4.79 Å². The fourth-order valence-corrected chi connectivity index (χ4v) is 8.83. The van der Waals surface area contributed by atoms with Crippen molar-refractivity contribution < 1.29 is 19.1 Å². The molecule has 3 aliphatic carbocycles. The number of ketones is 1. The predicted octanol–water partition coefficient (Wildman–Crippen LogP) is 8.53. The molecule has 43 heavy (non-hydrogen) atoms. The molecule has 7 rings (SSSR count). The number of aromatic nitrogens is 2. The van der Waals surface area contributed by atoms with Gasteiger partial charge >= 0.3 is 5.97 Å². The highest BCUT2D eigenvalue weighted by Crippen LogP contribution is 2.49. The van der Waals surface area contributed by atoms with Crippen LogP contribution in [-0.4, -0.2) is 41.3 Å². The van der Waals surface area contributed by atoms with Gasteiger partial charge in [0, 0.05) is 46.5 Å². The van der Waals surface area contributed by atoms with Crippen molar-refractivity contribution in [3.05, 3.63) is 75.7 Å². The Morgan fingerprint density at radius 1 is 1.12 bits per heavy atom. The molecule has 0 spiro atoms.